The first-order chi connectivity index (χ1) is 11.6. The van der Waals surface area contributed by atoms with Crippen LogP contribution in [0.5, 0.6) is 0 Å². The van der Waals surface area contributed by atoms with Crippen LogP contribution in [0, 0.1) is 5.82 Å². The molecule has 1 aromatic carbocycles. The minimum Gasteiger partial charge on any atom is -0.463 e. The molecule has 3 aromatic rings. The predicted molar refractivity (Wildman–Crippen MR) is 86.1 cm³/mol. The van der Waals surface area contributed by atoms with Crippen molar-refractivity contribution >= 4 is 22.9 Å². The van der Waals surface area contributed by atoms with Crippen LogP contribution >= 0.6 is 0 Å². The van der Waals surface area contributed by atoms with Crippen molar-refractivity contribution in [1.82, 2.24) is 15.2 Å². The lowest BCUT2D eigenvalue weighted by Crippen LogP contribution is -2.36. The van der Waals surface area contributed by atoms with Crippen LogP contribution in [-0.2, 0) is 11.3 Å². The summed E-state index contributed by atoms with van der Waals surface area (Å²) in [5.41, 5.74) is 2.34. The molecule has 0 unspecified atom stereocenters. The molecule has 0 spiro atoms. The van der Waals surface area contributed by atoms with Crippen LogP contribution in [0.1, 0.15) is 16.1 Å². The molecule has 0 atom stereocenters. The molecule has 0 aliphatic carbocycles. The maximum Gasteiger partial charge on any atom is 0.268 e. The Bertz CT molecular complexity index is 898. The van der Waals surface area contributed by atoms with E-state index >= 15 is 0 Å². The van der Waals surface area contributed by atoms with Crippen LogP contribution in [0.4, 0.5) is 4.39 Å². The molecule has 0 radical (unpaired) electrons. The van der Waals surface area contributed by atoms with Gasteiger partial charge in [0, 0.05) is 25.7 Å². The highest BCUT2D eigenvalue weighted by Crippen LogP contribution is 2.22. The topological polar surface area (TPSA) is 76.3 Å². The molecule has 0 aliphatic heterocycles. The van der Waals surface area contributed by atoms with E-state index in [4.69, 9.17) is 4.42 Å². The highest BCUT2D eigenvalue weighted by atomic mass is 19.1. The molecule has 0 saturated heterocycles. The van der Waals surface area contributed by atoms with E-state index in [2.05, 4.69) is 10.6 Å². The number of furan rings is 1. The van der Waals surface area contributed by atoms with Crippen LogP contribution in [0.25, 0.3) is 11.1 Å². The van der Waals surface area contributed by atoms with Crippen LogP contribution < -0.4 is 10.6 Å². The first kappa shape index (κ1) is 15.8. The Morgan fingerprint density at radius 2 is 2.08 bits per heavy atom. The lowest BCUT2D eigenvalue weighted by Gasteiger charge is -2.10. The van der Waals surface area contributed by atoms with E-state index in [0.717, 1.165) is 5.52 Å². The summed E-state index contributed by atoms with van der Waals surface area (Å²) in [6.07, 6.45) is 1.53. The zero-order chi connectivity index (χ0) is 17.1. The highest BCUT2D eigenvalue weighted by Gasteiger charge is 2.18. The Hall–Kier alpha value is -3.09. The number of carbonyl (C=O) groups is 2. The molecule has 3 rings (SSSR count). The predicted octanol–water partition coefficient (Wildman–Crippen LogP) is 1.90. The largest absolute Gasteiger partial charge is 0.463 e. The number of fused-ring (bicyclic) bond motifs is 1. The van der Waals surface area contributed by atoms with Crippen molar-refractivity contribution in [3.63, 3.8) is 0 Å². The number of carbonyl (C=O) groups excluding carboxylic acids is 2. The van der Waals surface area contributed by atoms with Gasteiger partial charge in [-0.25, -0.2) is 4.39 Å². The molecule has 2 N–H and O–H groups in total. The van der Waals surface area contributed by atoms with E-state index in [1.54, 1.807) is 28.8 Å². The fraction of sp³-hybridized carbons (Fsp3) is 0.176. The Morgan fingerprint density at radius 1 is 1.25 bits per heavy atom. The fourth-order valence-corrected chi connectivity index (χ4v) is 2.49. The van der Waals surface area contributed by atoms with Gasteiger partial charge in [0.05, 0.1) is 18.3 Å². The lowest BCUT2D eigenvalue weighted by molar-refractivity contribution is -0.119. The van der Waals surface area contributed by atoms with Crippen molar-refractivity contribution in [2.75, 3.05) is 13.6 Å². The molecule has 2 heterocycles. The van der Waals surface area contributed by atoms with E-state index in [9.17, 15) is 14.0 Å². The smallest absolute Gasteiger partial charge is 0.268 e. The first-order valence-corrected chi connectivity index (χ1v) is 7.38. The summed E-state index contributed by atoms with van der Waals surface area (Å²) in [7, 11) is 1.49. The molecule has 0 bridgehead atoms. The molecule has 124 valence electrons. The van der Waals surface area contributed by atoms with Crippen molar-refractivity contribution in [1.29, 1.82) is 0 Å². The quantitative estimate of drug-likeness (QED) is 0.750. The van der Waals surface area contributed by atoms with Crippen LogP contribution in [0.15, 0.2) is 47.1 Å². The second kappa shape index (κ2) is 6.57. The number of aromatic nitrogens is 1. The van der Waals surface area contributed by atoms with Gasteiger partial charge in [0.1, 0.15) is 11.5 Å². The monoisotopic (exact) mass is 329 g/mol. The lowest BCUT2D eigenvalue weighted by atomic mass is 10.2. The van der Waals surface area contributed by atoms with E-state index in [1.807, 2.05) is 0 Å². The zero-order valence-corrected chi connectivity index (χ0v) is 13.0. The molecular formula is C17H16FN3O3. The summed E-state index contributed by atoms with van der Waals surface area (Å²) in [6.45, 7) is 0.186. The van der Waals surface area contributed by atoms with Gasteiger partial charge in [-0.3, -0.25) is 9.59 Å². The third-order valence-electron chi connectivity index (χ3n) is 3.67. The summed E-state index contributed by atoms with van der Waals surface area (Å²) < 4.78 is 20.5. The van der Waals surface area contributed by atoms with Crippen molar-refractivity contribution in [3.05, 3.63) is 59.7 Å². The Morgan fingerprint density at radius 3 is 2.83 bits per heavy atom. The van der Waals surface area contributed by atoms with E-state index in [0.29, 0.717) is 23.4 Å². The number of rotatable bonds is 5. The molecular weight excluding hydrogens is 313 g/mol. The molecule has 0 saturated carbocycles. The number of nitrogens with zero attached hydrogens (tertiary/aromatic N) is 1. The molecule has 0 aliphatic rings. The summed E-state index contributed by atoms with van der Waals surface area (Å²) in [4.78, 5) is 23.7. The van der Waals surface area contributed by atoms with Gasteiger partial charge in [0.2, 0.25) is 5.91 Å². The second-order valence-electron chi connectivity index (χ2n) is 5.27. The van der Waals surface area contributed by atoms with E-state index < -0.39 is 5.91 Å². The van der Waals surface area contributed by atoms with Gasteiger partial charge < -0.3 is 19.6 Å². The Kier molecular flexibility index (Phi) is 4.33. The van der Waals surface area contributed by atoms with Crippen molar-refractivity contribution in [2.24, 2.45) is 0 Å². The number of hydrogen-bond acceptors (Lipinski definition) is 3. The fourth-order valence-electron chi connectivity index (χ4n) is 2.49. The molecule has 2 aromatic heterocycles. The number of amides is 2. The van der Waals surface area contributed by atoms with Gasteiger partial charge in [0.25, 0.3) is 5.91 Å². The average molecular weight is 329 g/mol. The van der Waals surface area contributed by atoms with Gasteiger partial charge in [0.15, 0.2) is 5.58 Å². The van der Waals surface area contributed by atoms with Crippen molar-refractivity contribution < 1.29 is 18.4 Å². The third-order valence-corrected chi connectivity index (χ3v) is 3.67. The van der Waals surface area contributed by atoms with Gasteiger partial charge >= 0.3 is 0 Å². The van der Waals surface area contributed by atoms with Gasteiger partial charge in [-0.1, -0.05) is 12.1 Å². The van der Waals surface area contributed by atoms with Gasteiger partial charge in [-0.15, -0.1) is 0 Å². The van der Waals surface area contributed by atoms with Crippen LogP contribution in [-0.4, -0.2) is 30.0 Å². The number of likely N-dealkylation sites (N-methyl/N-ethyl adjacent to an activating group) is 1. The normalized spacial score (nSPS) is 10.8. The minimum absolute atomic E-state index is 0.123. The Labute approximate surface area is 137 Å². The maximum atomic E-state index is 13.4. The zero-order valence-electron chi connectivity index (χ0n) is 13.0. The summed E-state index contributed by atoms with van der Waals surface area (Å²) in [5.74, 6) is -1.04. The molecule has 24 heavy (non-hydrogen) atoms. The van der Waals surface area contributed by atoms with E-state index in [1.165, 1.54) is 25.4 Å². The number of hydrogen-bond donors (Lipinski definition) is 2. The highest BCUT2D eigenvalue weighted by molar-refractivity contribution is 5.99. The third kappa shape index (κ3) is 3.15. The van der Waals surface area contributed by atoms with Crippen molar-refractivity contribution in [2.45, 2.75) is 6.54 Å². The summed E-state index contributed by atoms with van der Waals surface area (Å²) >= 11 is 0. The summed E-state index contributed by atoms with van der Waals surface area (Å²) in [5, 5.41) is 4.98. The SMILES string of the molecule is CNC(=O)CNC(=O)c1cc2occc2n1Cc1cccc(F)c1. The first-order valence-electron chi connectivity index (χ1n) is 7.38. The van der Waals surface area contributed by atoms with Crippen molar-refractivity contribution in [3.8, 4) is 0 Å². The van der Waals surface area contributed by atoms with Gasteiger partial charge in [-0.05, 0) is 17.7 Å². The molecule has 0 fully saturated rings. The second-order valence-corrected chi connectivity index (χ2v) is 5.27. The summed E-state index contributed by atoms with van der Waals surface area (Å²) in [6, 6.07) is 9.52. The average Bonchev–Trinajstić information content (AvgIpc) is 3.15. The maximum absolute atomic E-state index is 13.4. The molecule has 6 nitrogen and oxygen atoms in total. The Balaban J connectivity index is 1.92. The van der Waals surface area contributed by atoms with Gasteiger partial charge in [-0.2, -0.15) is 0 Å². The van der Waals surface area contributed by atoms with Crippen LogP contribution in [0.2, 0.25) is 0 Å². The number of benzene rings is 1. The minimum atomic E-state index is -0.401. The van der Waals surface area contributed by atoms with Crippen LogP contribution in [0.3, 0.4) is 0 Å². The van der Waals surface area contributed by atoms with E-state index in [-0.39, 0.29) is 18.3 Å². The molecule has 7 heteroatoms. The standard InChI is InChI=1S/C17H16FN3O3/c1-19-16(22)9-20-17(23)14-8-15-13(5-6-24-15)21(14)10-11-3-2-4-12(18)7-11/h2-8H,9-10H2,1H3,(H,19,22)(H,20,23). The number of halogens is 1. The molecule has 2 amide bonds. The number of nitrogens with one attached hydrogen (secondary N) is 2.